The van der Waals surface area contributed by atoms with Gasteiger partial charge in [0.05, 0.1) is 19.3 Å². The highest BCUT2D eigenvalue weighted by molar-refractivity contribution is 5.71. The summed E-state index contributed by atoms with van der Waals surface area (Å²) in [6.45, 7) is 9.26. The summed E-state index contributed by atoms with van der Waals surface area (Å²) in [5.74, 6) is -0.158. The monoisotopic (exact) mass is 253 g/mol. The molecule has 0 spiro atoms. The number of hydrogen-bond acceptors (Lipinski definition) is 4. The third-order valence-electron chi connectivity index (χ3n) is 2.61. The normalized spacial score (nSPS) is 10.9. The minimum atomic E-state index is -0.158. The quantitative estimate of drug-likeness (QED) is 0.661. The van der Waals surface area contributed by atoms with Crippen molar-refractivity contribution in [2.75, 3.05) is 19.7 Å². The van der Waals surface area contributed by atoms with Gasteiger partial charge < -0.3 is 4.74 Å². The molecule has 0 aliphatic rings. The molecule has 5 heteroatoms. The van der Waals surface area contributed by atoms with Gasteiger partial charge in [0.2, 0.25) is 0 Å². The zero-order valence-corrected chi connectivity index (χ0v) is 11.6. The Morgan fingerprint density at radius 2 is 2.22 bits per heavy atom. The summed E-state index contributed by atoms with van der Waals surface area (Å²) in [6.07, 6.45) is 4.90. The number of nitrogens with zero attached hydrogens (tertiary/aromatic N) is 3. The van der Waals surface area contributed by atoms with Crippen LogP contribution >= 0.6 is 0 Å². The number of aryl methyl sites for hydroxylation is 1. The molecular formula is C13H23N3O2. The SMILES string of the molecule is CCCN(CC(=O)OCC)Cc1cnn(CC)c1. The van der Waals surface area contributed by atoms with Crippen LogP contribution in [0.2, 0.25) is 0 Å². The number of ether oxygens (including phenoxy) is 1. The van der Waals surface area contributed by atoms with E-state index < -0.39 is 0 Å². The molecule has 18 heavy (non-hydrogen) atoms. The third-order valence-corrected chi connectivity index (χ3v) is 2.61. The molecule has 0 aromatic carbocycles. The maximum Gasteiger partial charge on any atom is 0.320 e. The molecule has 0 radical (unpaired) electrons. The largest absolute Gasteiger partial charge is 0.465 e. The molecule has 0 fully saturated rings. The molecule has 0 bridgehead atoms. The van der Waals surface area contributed by atoms with Crippen LogP contribution in [0.5, 0.6) is 0 Å². The Kier molecular flexibility index (Phi) is 6.43. The predicted octanol–water partition coefficient (Wildman–Crippen LogP) is 1.68. The summed E-state index contributed by atoms with van der Waals surface area (Å²) in [7, 11) is 0. The summed E-state index contributed by atoms with van der Waals surface area (Å²) in [6, 6.07) is 0. The van der Waals surface area contributed by atoms with Crippen LogP contribution in [0.1, 0.15) is 32.8 Å². The Morgan fingerprint density at radius 1 is 1.44 bits per heavy atom. The van der Waals surface area contributed by atoms with E-state index in [1.165, 1.54) is 0 Å². The van der Waals surface area contributed by atoms with Crippen molar-refractivity contribution in [2.45, 2.75) is 40.3 Å². The fraction of sp³-hybridized carbons (Fsp3) is 0.692. The second-order valence-corrected chi connectivity index (χ2v) is 4.22. The number of esters is 1. The lowest BCUT2D eigenvalue weighted by Crippen LogP contribution is -2.31. The Balaban J connectivity index is 2.53. The Bertz CT molecular complexity index is 363. The second kappa shape index (κ2) is 7.87. The van der Waals surface area contributed by atoms with Crippen LogP contribution in [0.3, 0.4) is 0 Å². The number of carbonyl (C=O) groups excluding carboxylic acids is 1. The van der Waals surface area contributed by atoms with Crippen LogP contribution in [-0.4, -0.2) is 40.3 Å². The molecule has 0 N–H and O–H groups in total. The van der Waals surface area contributed by atoms with Gasteiger partial charge in [0.1, 0.15) is 0 Å². The van der Waals surface area contributed by atoms with Crippen molar-refractivity contribution in [3.05, 3.63) is 18.0 Å². The lowest BCUT2D eigenvalue weighted by atomic mass is 10.3. The van der Waals surface area contributed by atoms with E-state index in [0.29, 0.717) is 13.2 Å². The first-order chi connectivity index (χ1) is 8.69. The van der Waals surface area contributed by atoms with Gasteiger partial charge in [-0.05, 0) is 26.8 Å². The summed E-state index contributed by atoms with van der Waals surface area (Å²) in [4.78, 5) is 13.6. The number of aromatic nitrogens is 2. The van der Waals surface area contributed by atoms with E-state index in [1.54, 1.807) is 0 Å². The highest BCUT2D eigenvalue weighted by atomic mass is 16.5. The van der Waals surface area contributed by atoms with Crippen LogP contribution in [0.15, 0.2) is 12.4 Å². The smallest absolute Gasteiger partial charge is 0.320 e. The molecule has 0 aliphatic heterocycles. The molecule has 0 saturated heterocycles. The summed E-state index contributed by atoms with van der Waals surface area (Å²) in [5.41, 5.74) is 1.13. The fourth-order valence-electron chi connectivity index (χ4n) is 1.84. The first kappa shape index (κ1) is 14.7. The van der Waals surface area contributed by atoms with Crippen LogP contribution in [0.25, 0.3) is 0 Å². The maximum absolute atomic E-state index is 11.5. The van der Waals surface area contributed by atoms with Crippen molar-refractivity contribution in [3.63, 3.8) is 0 Å². The van der Waals surface area contributed by atoms with Gasteiger partial charge >= 0.3 is 5.97 Å². The van der Waals surface area contributed by atoms with Crippen molar-refractivity contribution >= 4 is 5.97 Å². The van der Waals surface area contributed by atoms with Crippen molar-refractivity contribution in [1.82, 2.24) is 14.7 Å². The van der Waals surface area contributed by atoms with E-state index in [0.717, 1.165) is 31.6 Å². The number of carbonyl (C=O) groups is 1. The molecule has 0 atom stereocenters. The van der Waals surface area contributed by atoms with Crippen molar-refractivity contribution in [2.24, 2.45) is 0 Å². The average Bonchev–Trinajstić information content (AvgIpc) is 2.77. The molecule has 0 amide bonds. The topological polar surface area (TPSA) is 47.4 Å². The number of rotatable bonds is 8. The van der Waals surface area contributed by atoms with Crippen LogP contribution in [0.4, 0.5) is 0 Å². The second-order valence-electron chi connectivity index (χ2n) is 4.22. The molecule has 102 valence electrons. The molecule has 1 heterocycles. The summed E-state index contributed by atoms with van der Waals surface area (Å²) >= 11 is 0. The lowest BCUT2D eigenvalue weighted by molar-refractivity contribution is -0.144. The average molecular weight is 253 g/mol. The van der Waals surface area contributed by atoms with Gasteiger partial charge in [0, 0.05) is 24.8 Å². The van der Waals surface area contributed by atoms with E-state index in [2.05, 4.69) is 23.8 Å². The zero-order valence-electron chi connectivity index (χ0n) is 11.6. The van der Waals surface area contributed by atoms with E-state index in [1.807, 2.05) is 24.0 Å². The molecule has 1 aromatic rings. The molecule has 5 nitrogen and oxygen atoms in total. The van der Waals surface area contributed by atoms with Gasteiger partial charge in [-0.15, -0.1) is 0 Å². The molecule has 1 rings (SSSR count). The molecule has 0 unspecified atom stereocenters. The standard InChI is InChI=1S/C13H23N3O2/c1-4-7-15(11-13(17)18-6-3)9-12-8-14-16(5-2)10-12/h8,10H,4-7,9,11H2,1-3H3. The fourth-order valence-corrected chi connectivity index (χ4v) is 1.84. The van der Waals surface area contributed by atoms with Gasteiger partial charge in [-0.1, -0.05) is 6.92 Å². The minimum absolute atomic E-state index is 0.158. The number of hydrogen-bond donors (Lipinski definition) is 0. The molecular weight excluding hydrogens is 230 g/mol. The van der Waals surface area contributed by atoms with Crippen LogP contribution in [-0.2, 0) is 22.6 Å². The first-order valence-corrected chi connectivity index (χ1v) is 6.58. The summed E-state index contributed by atoms with van der Waals surface area (Å²) < 4.78 is 6.87. The van der Waals surface area contributed by atoms with E-state index in [9.17, 15) is 4.79 Å². The predicted molar refractivity (Wildman–Crippen MR) is 70.1 cm³/mol. The highest BCUT2D eigenvalue weighted by Gasteiger charge is 2.12. The molecule has 0 saturated carbocycles. The highest BCUT2D eigenvalue weighted by Crippen LogP contribution is 2.05. The first-order valence-electron chi connectivity index (χ1n) is 6.58. The Morgan fingerprint density at radius 3 is 2.78 bits per heavy atom. The maximum atomic E-state index is 11.5. The summed E-state index contributed by atoms with van der Waals surface area (Å²) in [5, 5.41) is 4.24. The van der Waals surface area contributed by atoms with E-state index in [4.69, 9.17) is 4.74 Å². The van der Waals surface area contributed by atoms with Crippen molar-refractivity contribution in [3.8, 4) is 0 Å². The molecule has 0 aliphatic carbocycles. The Hall–Kier alpha value is -1.36. The van der Waals surface area contributed by atoms with E-state index >= 15 is 0 Å². The van der Waals surface area contributed by atoms with Crippen molar-refractivity contribution < 1.29 is 9.53 Å². The third kappa shape index (κ3) is 4.87. The van der Waals surface area contributed by atoms with Gasteiger partial charge in [-0.2, -0.15) is 5.10 Å². The van der Waals surface area contributed by atoms with E-state index in [-0.39, 0.29) is 5.97 Å². The zero-order chi connectivity index (χ0) is 13.4. The van der Waals surface area contributed by atoms with Gasteiger partial charge in [-0.3, -0.25) is 14.4 Å². The van der Waals surface area contributed by atoms with Crippen LogP contribution < -0.4 is 0 Å². The van der Waals surface area contributed by atoms with Gasteiger partial charge in [-0.25, -0.2) is 0 Å². The minimum Gasteiger partial charge on any atom is -0.465 e. The van der Waals surface area contributed by atoms with Gasteiger partial charge in [0.25, 0.3) is 0 Å². The van der Waals surface area contributed by atoms with Crippen molar-refractivity contribution in [1.29, 1.82) is 0 Å². The lowest BCUT2D eigenvalue weighted by Gasteiger charge is -2.19. The van der Waals surface area contributed by atoms with Crippen LogP contribution in [0, 0.1) is 0 Å². The Labute approximate surface area is 109 Å². The molecule has 1 aromatic heterocycles. The van der Waals surface area contributed by atoms with Gasteiger partial charge in [0.15, 0.2) is 0 Å².